The van der Waals surface area contributed by atoms with E-state index in [0.717, 1.165) is 0 Å². The second kappa shape index (κ2) is 7.31. The molecule has 0 saturated carbocycles. The van der Waals surface area contributed by atoms with Crippen molar-refractivity contribution in [2.45, 2.75) is 18.3 Å². The molecule has 2 aromatic carbocycles. The first kappa shape index (κ1) is 19.1. The Kier molecular flexibility index (Phi) is 5.81. The molecule has 2 aromatic rings. The number of sulfone groups is 1. The summed E-state index contributed by atoms with van der Waals surface area (Å²) in [6.45, 7) is 1.44. The van der Waals surface area contributed by atoms with Crippen molar-refractivity contribution >= 4 is 33.0 Å². The first-order valence-electron chi connectivity index (χ1n) is 7.14. The van der Waals surface area contributed by atoms with Gasteiger partial charge in [-0.05, 0) is 42.3 Å². The summed E-state index contributed by atoms with van der Waals surface area (Å²) in [5.41, 5.74) is -0.546. The quantitative estimate of drug-likeness (QED) is 0.816. The molecule has 0 aliphatic carbocycles. The van der Waals surface area contributed by atoms with Crippen LogP contribution in [0.4, 0.5) is 0 Å². The number of methoxy groups -OCH3 is 1. The Morgan fingerprint density at radius 2 is 1.71 bits per heavy atom. The molecule has 0 spiro atoms. The van der Waals surface area contributed by atoms with Gasteiger partial charge in [0, 0.05) is 0 Å². The molecule has 0 aliphatic heterocycles. The minimum atomic E-state index is -3.55. The highest BCUT2D eigenvalue weighted by molar-refractivity contribution is 7.90. The van der Waals surface area contributed by atoms with E-state index in [-0.39, 0.29) is 10.8 Å². The van der Waals surface area contributed by atoms with E-state index in [4.69, 9.17) is 27.9 Å². The number of rotatable bonds is 6. The molecule has 0 fully saturated rings. The molecular weight excluding hydrogens is 371 g/mol. The maximum atomic E-state index is 12.4. The molecule has 130 valence electrons. The van der Waals surface area contributed by atoms with E-state index in [1.807, 2.05) is 0 Å². The van der Waals surface area contributed by atoms with Gasteiger partial charge < -0.3 is 9.84 Å². The molecule has 0 saturated heterocycles. The van der Waals surface area contributed by atoms with Gasteiger partial charge in [-0.1, -0.05) is 41.4 Å². The molecule has 0 radical (unpaired) electrons. The molecule has 2 rings (SSSR count). The number of hydrogen-bond acceptors (Lipinski definition) is 4. The highest BCUT2D eigenvalue weighted by Crippen LogP contribution is 2.30. The van der Waals surface area contributed by atoms with Crippen LogP contribution in [-0.4, -0.2) is 26.4 Å². The monoisotopic (exact) mass is 388 g/mol. The highest BCUT2D eigenvalue weighted by atomic mass is 35.5. The summed E-state index contributed by atoms with van der Waals surface area (Å²) >= 11 is 11.8. The molecule has 1 atom stereocenters. The summed E-state index contributed by atoms with van der Waals surface area (Å²) in [5, 5.41) is 11.2. The number of hydrogen-bond donors (Lipinski definition) is 1. The fourth-order valence-corrected chi connectivity index (χ4v) is 4.49. The summed E-state index contributed by atoms with van der Waals surface area (Å²) in [4.78, 5) is 0. The first-order valence-corrected chi connectivity index (χ1v) is 9.72. The minimum Gasteiger partial charge on any atom is -0.497 e. The Bertz CT molecular complexity index is 815. The van der Waals surface area contributed by atoms with E-state index in [0.29, 0.717) is 21.9 Å². The lowest BCUT2D eigenvalue weighted by molar-refractivity contribution is 0.0819. The van der Waals surface area contributed by atoms with E-state index >= 15 is 0 Å². The third-order valence-electron chi connectivity index (χ3n) is 3.59. The van der Waals surface area contributed by atoms with Crippen molar-refractivity contribution in [2.75, 3.05) is 12.9 Å². The van der Waals surface area contributed by atoms with E-state index in [1.54, 1.807) is 37.4 Å². The van der Waals surface area contributed by atoms with Crippen LogP contribution in [0, 0.1) is 0 Å². The van der Waals surface area contributed by atoms with Gasteiger partial charge in [-0.2, -0.15) is 0 Å². The van der Waals surface area contributed by atoms with Gasteiger partial charge in [0.2, 0.25) is 0 Å². The fraction of sp³-hybridized carbons (Fsp3) is 0.294. The zero-order valence-corrected chi connectivity index (χ0v) is 15.6. The van der Waals surface area contributed by atoms with E-state index in [9.17, 15) is 13.5 Å². The van der Waals surface area contributed by atoms with Crippen LogP contribution in [0.2, 0.25) is 10.0 Å². The maximum absolute atomic E-state index is 12.4. The lowest BCUT2D eigenvalue weighted by Gasteiger charge is -2.24. The number of aliphatic hydroxyl groups is 1. The number of benzene rings is 2. The van der Waals surface area contributed by atoms with Crippen molar-refractivity contribution in [3.05, 3.63) is 63.6 Å². The zero-order chi connectivity index (χ0) is 18.0. The van der Waals surface area contributed by atoms with Gasteiger partial charge in [0.05, 0.1) is 28.7 Å². The summed E-state index contributed by atoms with van der Waals surface area (Å²) in [7, 11) is -2.01. The second-order valence-electron chi connectivity index (χ2n) is 5.78. The van der Waals surface area contributed by atoms with Gasteiger partial charge in [-0.25, -0.2) is 8.42 Å². The van der Waals surface area contributed by atoms with Crippen LogP contribution in [-0.2, 0) is 21.2 Å². The van der Waals surface area contributed by atoms with E-state index in [1.165, 1.54) is 19.1 Å². The Morgan fingerprint density at radius 1 is 1.08 bits per heavy atom. The lowest BCUT2D eigenvalue weighted by Crippen LogP contribution is -2.32. The molecular formula is C17H18Cl2O4S. The SMILES string of the molecule is COc1ccc(CS(=O)(=O)C[C@@](C)(O)c2ccc(Cl)c(Cl)c2)cc1. The molecule has 0 aromatic heterocycles. The Hall–Kier alpha value is -1.27. The lowest BCUT2D eigenvalue weighted by atomic mass is 9.98. The topological polar surface area (TPSA) is 63.6 Å². The normalized spacial score (nSPS) is 14.2. The van der Waals surface area contributed by atoms with Gasteiger partial charge in [0.25, 0.3) is 0 Å². The van der Waals surface area contributed by atoms with Crippen molar-refractivity contribution in [1.82, 2.24) is 0 Å². The van der Waals surface area contributed by atoms with Crippen LogP contribution in [0.25, 0.3) is 0 Å². The second-order valence-corrected chi connectivity index (χ2v) is 8.66. The van der Waals surface area contributed by atoms with Gasteiger partial charge in [-0.3, -0.25) is 0 Å². The molecule has 0 heterocycles. The van der Waals surface area contributed by atoms with Crippen LogP contribution in [0.15, 0.2) is 42.5 Å². The van der Waals surface area contributed by atoms with Crippen molar-refractivity contribution in [3.63, 3.8) is 0 Å². The predicted molar refractivity (Wildman–Crippen MR) is 96.5 cm³/mol. The van der Waals surface area contributed by atoms with Crippen LogP contribution < -0.4 is 4.74 Å². The third-order valence-corrected chi connectivity index (χ3v) is 6.10. The van der Waals surface area contributed by atoms with Gasteiger partial charge in [-0.15, -0.1) is 0 Å². The number of halogens is 2. The predicted octanol–water partition coefficient (Wildman–Crippen LogP) is 3.82. The average Bonchev–Trinajstić information content (AvgIpc) is 2.49. The number of ether oxygens (including phenoxy) is 1. The van der Waals surface area contributed by atoms with Gasteiger partial charge >= 0.3 is 0 Å². The summed E-state index contributed by atoms with van der Waals surface area (Å²) in [6, 6.07) is 11.3. The van der Waals surface area contributed by atoms with E-state index < -0.39 is 21.2 Å². The standard InChI is InChI=1S/C17H18Cl2O4S/c1-17(20,13-5-8-15(18)16(19)9-13)11-24(21,22)10-12-3-6-14(23-2)7-4-12/h3-9,20H,10-11H2,1-2H3/t17-/m1/s1. The molecule has 0 unspecified atom stereocenters. The fourth-order valence-electron chi connectivity index (χ4n) is 2.37. The Morgan fingerprint density at radius 3 is 2.25 bits per heavy atom. The van der Waals surface area contributed by atoms with Crippen molar-refractivity contribution in [1.29, 1.82) is 0 Å². The van der Waals surface area contributed by atoms with Crippen molar-refractivity contribution in [2.24, 2.45) is 0 Å². The highest BCUT2D eigenvalue weighted by Gasteiger charge is 2.30. The molecule has 0 aliphatic rings. The molecule has 7 heteroatoms. The third kappa shape index (κ3) is 4.86. The summed E-state index contributed by atoms with van der Waals surface area (Å²) in [5.74, 6) is 0.0531. The zero-order valence-electron chi connectivity index (χ0n) is 13.3. The molecule has 0 bridgehead atoms. The minimum absolute atomic E-state index is 0.172. The van der Waals surface area contributed by atoms with Crippen molar-refractivity contribution < 1.29 is 18.3 Å². The Balaban J connectivity index is 2.18. The first-order chi connectivity index (χ1) is 11.1. The van der Waals surface area contributed by atoms with Crippen LogP contribution in [0.1, 0.15) is 18.1 Å². The smallest absolute Gasteiger partial charge is 0.157 e. The van der Waals surface area contributed by atoms with Crippen LogP contribution in [0.3, 0.4) is 0 Å². The van der Waals surface area contributed by atoms with Crippen LogP contribution in [0.5, 0.6) is 5.75 Å². The average molecular weight is 389 g/mol. The van der Waals surface area contributed by atoms with Crippen LogP contribution >= 0.6 is 23.2 Å². The van der Waals surface area contributed by atoms with Crippen molar-refractivity contribution in [3.8, 4) is 5.75 Å². The summed E-state index contributed by atoms with van der Waals surface area (Å²) in [6.07, 6.45) is 0. The Labute approximate surface area is 151 Å². The summed E-state index contributed by atoms with van der Waals surface area (Å²) < 4.78 is 29.9. The molecule has 0 amide bonds. The largest absolute Gasteiger partial charge is 0.497 e. The molecule has 4 nitrogen and oxygen atoms in total. The maximum Gasteiger partial charge on any atom is 0.157 e. The van der Waals surface area contributed by atoms with Gasteiger partial charge in [0.1, 0.15) is 11.4 Å². The molecule has 1 N–H and O–H groups in total. The molecule has 24 heavy (non-hydrogen) atoms. The van der Waals surface area contributed by atoms with Gasteiger partial charge in [0.15, 0.2) is 9.84 Å². The van der Waals surface area contributed by atoms with E-state index in [2.05, 4.69) is 0 Å².